The van der Waals surface area contributed by atoms with Gasteiger partial charge in [-0.25, -0.2) is 13.6 Å². The zero-order valence-corrected chi connectivity index (χ0v) is 13.0. The minimum atomic E-state index is -0.833. The highest BCUT2D eigenvalue weighted by atomic mass is 19.1. The van der Waals surface area contributed by atoms with Crippen LogP contribution in [0.3, 0.4) is 0 Å². The highest BCUT2D eigenvalue weighted by molar-refractivity contribution is 5.99. The fraction of sp³-hybridized carbons (Fsp3) is 0.375. The maximum atomic E-state index is 13.5. The van der Waals surface area contributed by atoms with E-state index in [1.54, 1.807) is 10.9 Å². The van der Waals surface area contributed by atoms with E-state index in [1.165, 1.54) is 12.3 Å². The van der Waals surface area contributed by atoms with Gasteiger partial charge in [-0.05, 0) is 30.9 Å². The van der Waals surface area contributed by atoms with E-state index in [4.69, 9.17) is 4.74 Å². The van der Waals surface area contributed by atoms with Crippen LogP contribution in [0.2, 0.25) is 0 Å². The van der Waals surface area contributed by atoms with E-state index < -0.39 is 23.4 Å². The van der Waals surface area contributed by atoms with Gasteiger partial charge in [0.2, 0.25) is 0 Å². The molecule has 0 atom stereocenters. The average molecular weight is 336 g/mol. The van der Waals surface area contributed by atoms with Crippen LogP contribution >= 0.6 is 0 Å². The van der Waals surface area contributed by atoms with Gasteiger partial charge in [0, 0.05) is 26.0 Å². The summed E-state index contributed by atoms with van der Waals surface area (Å²) >= 11 is 0. The molecule has 1 saturated heterocycles. The number of nitrogens with one attached hydrogen (secondary N) is 2. The molecule has 1 aliphatic rings. The molecule has 0 unspecified atom stereocenters. The quantitative estimate of drug-likeness (QED) is 0.901. The zero-order chi connectivity index (χ0) is 16.9. The van der Waals surface area contributed by atoms with Crippen LogP contribution in [0.4, 0.5) is 25.0 Å². The Hall–Kier alpha value is -2.48. The molecule has 1 aliphatic heterocycles. The molecule has 0 saturated carbocycles. The molecule has 24 heavy (non-hydrogen) atoms. The highest BCUT2D eigenvalue weighted by Gasteiger charge is 2.16. The first-order valence-corrected chi connectivity index (χ1v) is 7.74. The van der Waals surface area contributed by atoms with Crippen molar-refractivity contribution in [2.24, 2.45) is 5.92 Å². The van der Waals surface area contributed by atoms with Crippen molar-refractivity contribution in [1.29, 1.82) is 0 Å². The third-order valence-electron chi connectivity index (χ3n) is 3.88. The summed E-state index contributed by atoms with van der Waals surface area (Å²) in [6, 6.07) is 2.65. The van der Waals surface area contributed by atoms with Gasteiger partial charge in [-0.15, -0.1) is 0 Å². The van der Waals surface area contributed by atoms with Crippen LogP contribution in [0, 0.1) is 17.6 Å². The number of carbonyl (C=O) groups excluding carboxylic acids is 1. The average Bonchev–Trinajstić information content (AvgIpc) is 2.99. The number of urea groups is 1. The first-order valence-electron chi connectivity index (χ1n) is 7.74. The topological polar surface area (TPSA) is 68.2 Å². The molecule has 128 valence electrons. The Morgan fingerprint density at radius 1 is 1.25 bits per heavy atom. The lowest BCUT2D eigenvalue weighted by Crippen LogP contribution is -2.21. The van der Waals surface area contributed by atoms with Crippen molar-refractivity contribution in [3.8, 4) is 0 Å². The van der Waals surface area contributed by atoms with Crippen molar-refractivity contribution in [1.82, 2.24) is 9.78 Å². The molecule has 2 aromatic rings. The van der Waals surface area contributed by atoms with Gasteiger partial charge in [-0.3, -0.25) is 4.68 Å². The van der Waals surface area contributed by atoms with E-state index in [1.807, 2.05) is 0 Å². The number of halogens is 2. The lowest BCUT2D eigenvalue weighted by molar-refractivity contribution is 0.0601. The standard InChI is InChI=1S/C16H18F2N4O2/c17-13-2-1-3-14(18)15(13)21-16(23)20-12-8-19-22(10-12)9-11-4-6-24-7-5-11/h1-3,8,10-11H,4-7,9H2,(H2,20,21,23). The van der Waals surface area contributed by atoms with E-state index in [0.717, 1.165) is 44.7 Å². The van der Waals surface area contributed by atoms with Crippen LogP contribution in [-0.4, -0.2) is 29.0 Å². The summed E-state index contributed by atoms with van der Waals surface area (Å²) in [4.78, 5) is 11.9. The summed E-state index contributed by atoms with van der Waals surface area (Å²) in [5, 5.41) is 8.87. The van der Waals surface area contributed by atoms with E-state index in [0.29, 0.717) is 11.6 Å². The van der Waals surface area contributed by atoms with Crippen molar-refractivity contribution < 1.29 is 18.3 Å². The van der Waals surface area contributed by atoms with E-state index in [2.05, 4.69) is 15.7 Å². The lowest BCUT2D eigenvalue weighted by atomic mass is 10.0. The summed E-state index contributed by atoms with van der Waals surface area (Å²) in [5.74, 6) is -1.17. The predicted molar refractivity (Wildman–Crippen MR) is 84.8 cm³/mol. The number of carbonyl (C=O) groups is 1. The minimum absolute atomic E-state index is 0.455. The molecule has 3 rings (SSSR count). The Morgan fingerprint density at radius 3 is 2.67 bits per heavy atom. The van der Waals surface area contributed by atoms with Crippen LogP contribution in [0.15, 0.2) is 30.6 Å². The number of benzene rings is 1. The van der Waals surface area contributed by atoms with Gasteiger partial charge >= 0.3 is 6.03 Å². The molecule has 2 N–H and O–H groups in total. The molecular weight excluding hydrogens is 318 g/mol. The lowest BCUT2D eigenvalue weighted by Gasteiger charge is -2.21. The summed E-state index contributed by atoms with van der Waals surface area (Å²) in [6.07, 6.45) is 5.15. The van der Waals surface area contributed by atoms with Crippen LogP contribution in [-0.2, 0) is 11.3 Å². The molecule has 0 aliphatic carbocycles. The second-order valence-corrected chi connectivity index (χ2v) is 5.68. The first kappa shape index (κ1) is 16.4. The molecule has 1 aromatic heterocycles. The number of aromatic nitrogens is 2. The Morgan fingerprint density at radius 2 is 1.96 bits per heavy atom. The Kier molecular flexibility index (Phi) is 5.05. The van der Waals surface area contributed by atoms with E-state index in [-0.39, 0.29) is 0 Å². The molecule has 6 nitrogen and oxygen atoms in total. The molecule has 0 bridgehead atoms. The molecule has 0 radical (unpaired) electrons. The van der Waals surface area contributed by atoms with Crippen molar-refractivity contribution in [2.45, 2.75) is 19.4 Å². The van der Waals surface area contributed by atoms with Crippen molar-refractivity contribution in [2.75, 3.05) is 23.8 Å². The van der Waals surface area contributed by atoms with Crippen LogP contribution in [0.5, 0.6) is 0 Å². The van der Waals surface area contributed by atoms with Crippen LogP contribution in [0.1, 0.15) is 12.8 Å². The third kappa shape index (κ3) is 4.08. The van der Waals surface area contributed by atoms with E-state index in [9.17, 15) is 13.6 Å². The number of hydrogen-bond donors (Lipinski definition) is 2. The van der Waals surface area contributed by atoms with E-state index >= 15 is 0 Å². The van der Waals surface area contributed by atoms with Crippen molar-refractivity contribution in [3.63, 3.8) is 0 Å². The monoisotopic (exact) mass is 336 g/mol. The molecule has 8 heteroatoms. The maximum absolute atomic E-state index is 13.5. The second-order valence-electron chi connectivity index (χ2n) is 5.68. The summed E-state index contributed by atoms with van der Waals surface area (Å²) in [5.41, 5.74) is -0.0269. The van der Waals surface area contributed by atoms with Crippen molar-refractivity contribution in [3.05, 3.63) is 42.2 Å². The fourth-order valence-corrected chi connectivity index (χ4v) is 2.61. The largest absolute Gasteiger partial charge is 0.381 e. The van der Waals surface area contributed by atoms with Crippen LogP contribution < -0.4 is 10.6 Å². The van der Waals surface area contributed by atoms with Gasteiger partial charge in [0.15, 0.2) is 0 Å². The number of hydrogen-bond acceptors (Lipinski definition) is 3. The minimum Gasteiger partial charge on any atom is -0.381 e. The smallest absolute Gasteiger partial charge is 0.323 e. The number of amides is 2. The zero-order valence-electron chi connectivity index (χ0n) is 13.0. The summed E-state index contributed by atoms with van der Waals surface area (Å²) in [6.45, 7) is 2.26. The first-order chi connectivity index (χ1) is 11.6. The molecule has 1 fully saturated rings. The van der Waals surface area contributed by atoms with Gasteiger partial charge in [0.1, 0.15) is 17.3 Å². The number of rotatable bonds is 4. The fourth-order valence-electron chi connectivity index (χ4n) is 2.61. The summed E-state index contributed by atoms with van der Waals surface area (Å²) in [7, 11) is 0. The van der Waals surface area contributed by atoms with Gasteiger partial charge in [-0.2, -0.15) is 5.10 Å². The normalized spacial score (nSPS) is 15.2. The Labute approximate surface area is 137 Å². The molecule has 2 amide bonds. The van der Waals surface area contributed by atoms with Crippen molar-refractivity contribution >= 4 is 17.4 Å². The van der Waals surface area contributed by atoms with Crippen LogP contribution in [0.25, 0.3) is 0 Å². The SMILES string of the molecule is O=C(Nc1cnn(CC2CCOCC2)c1)Nc1c(F)cccc1F. The third-order valence-corrected chi connectivity index (χ3v) is 3.88. The molecule has 0 spiro atoms. The summed E-state index contributed by atoms with van der Waals surface area (Å²) < 4.78 is 34.1. The Bertz CT molecular complexity index is 694. The Balaban J connectivity index is 1.57. The predicted octanol–water partition coefficient (Wildman–Crippen LogP) is 3.23. The van der Waals surface area contributed by atoms with Gasteiger partial charge in [-0.1, -0.05) is 6.07 Å². The maximum Gasteiger partial charge on any atom is 0.323 e. The second kappa shape index (κ2) is 7.39. The van der Waals surface area contributed by atoms with Gasteiger partial charge in [0.05, 0.1) is 11.9 Å². The molecule has 2 heterocycles. The van der Waals surface area contributed by atoms with Gasteiger partial charge < -0.3 is 15.4 Å². The number of ether oxygens (including phenoxy) is 1. The number of anilines is 2. The molecular formula is C16H18F2N4O2. The highest BCUT2D eigenvalue weighted by Crippen LogP contribution is 2.19. The number of nitrogens with zero attached hydrogens (tertiary/aromatic N) is 2. The molecule has 1 aromatic carbocycles. The number of para-hydroxylation sites is 1. The van der Waals surface area contributed by atoms with Gasteiger partial charge in [0.25, 0.3) is 0 Å².